The third kappa shape index (κ3) is 7.75. The Morgan fingerprint density at radius 3 is 2.23 bits per heavy atom. The lowest BCUT2D eigenvalue weighted by molar-refractivity contribution is -0.139. The number of ether oxygens (including phenoxy) is 4. The van der Waals surface area contributed by atoms with Crippen LogP contribution >= 0.6 is 0 Å². The number of amides is 4. The number of H-pyrrole nitrogens is 1. The van der Waals surface area contributed by atoms with E-state index in [1.54, 1.807) is 18.0 Å². The Morgan fingerprint density at radius 1 is 0.855 bits per heavy atom. The molecular formula is C47H57N7O8. The molecule has 2 fully saturated rings. The first-order valence-corrected chi connectivity index (χ1v) is 21.7. The van der Waals surface area contributed by atoms with Gasteiger partial charge in [0.25, 0.3) is 0 Å². The Morgan fingerprint density at radius 2 is 1.53 bits per heavy atom. The number of nitrogens with one attached hydrogen (secondary N) is 3. The number of carbonyl (C=O) groups excluding carboxylic acids is 4. The average Bonchev–Trinajstić information content (AvgIpc) is 4.11. The topological polar surface area (TPSA) is 177 Å². The minimum absolute atomic E-state index is 0.0108. The van der Waals surface area contributed by atoms with Crippen molar-refractivity contribution < 1.29 is 38.1 Å². The molecule has 3 N–H and O–H groups in total. The molecule has 15 heteroatoms. The highest BCUT2D eigenvalue weighted by molar-refractivity contribution is 6.06. The van der Waals surface area contributed by atoms with Crippen molar-refractivity contribution in [1.82, 2.24) is 30.4 Å². The quantitative estimate of drug-likeness (QED) is 0.139. The summed E-state index contributed by atoms with van der Waals surface area (Å²) in [5.41, 5.74) is 7.93. The van der Waals surface area contributed by atoms with E-state index < -0.39 is 30.4 Å². The number of carbonyl (C=O) groups is 4. The maximum Gasteiger partial charge on any atom is 0.407 e. The van der Waals surface area contributed by atoms with Crippen LogP contribution in [0.4, 0.5) is 15.3 Å². The predicted molar refractivity (Wildman–Crippen MR) is 234 cm³/mol. The number of aromatic nitrogens is 2. The van der Waals surface area contributed by atoms with Crippen molar-refractivity contribution in [1.29, 1.82) is 0 Å². The number of aliphatic imine (C=N–C) groups is 1. The van der Waals surface area contributed by atoms with E-state index in [1.165, 1.54) is 21.3 Å². The van der Waals surface area contributed by atoms with Crippen LogP contribution in [-0.4, -0.2) is 107 Å². The number of nitrogens with zero attached hydrogens (tertiary/aromatic N) is 4. The van der Waals surface area contributed by atoms with E-state index in [1.807, 2.05) is 25.7 Å². The van der Waals surface area contributed by atoms with Gasteiger partial charge in [0.1, 0.15) is 30.3 Å². The smallest absolute Gasteiger partial charge is 0.407 e. The van der Waals surface area contributed by atoms with Crippen molar-refractivity contribution in [3.05, 3.63) is 65.6 Å². The lowest BCUT2D eigenvalue weighted by Crippen LogP contribution is -2.55. The van der Waals surface area contributed by atoms with Crippen molar-refractivity contribution >= 4 is 46.2 Å². The van der Waals surface area contributed by atoms with Crippen molar-refractivity contribution in [3.8, 4) is 28.1 Å². The summed E-state index contributed by atoms with van der Waals surface area (Å²) in [4.78, 5) is 69.7. The zero-order valence-corrected chi connectivity index (χ0v) is 36.7. The summed E-state index contributed by atoms with van der Waals surface area (Å²) < 4.78 is 21.6. The van der Waals surface area contributed by atoms with E-state index in [-0.39, 0.29) is 41.9 Å². The van der Waals surface area contributed by atoms with E-state index in [2.05, 4.69) is 65.0 Å². The normalized spacial score (nSPS) is 22.1. The SMILES string of the molecule is CC[C@H](C)C(NC(=O)OC)C(=O)N1[C@@H](C)CC[C@H]1C1=Nc2ccc3cc4c(cc3c2C1)OCc1cc(-c2cnc([C@@H]3CC[C@H](C)N3C(=O)[C@@H](NC(=O)OC)[C@@H](C)OC)[nH]2)ccc1-4. The van der Waals surface area contributed by atoms with Crippen LogP contribution in [0.2, 0.25) is 0 Å². The van der Waals surface area contributed by atoms with Crippen LogP contribution in [0.5, 0.6) is 5.75 Å². The summed E-state index contributed by atoms with van der Waals surface area (Å²) in [7, 11) is 4.08. The first-order valence-electron chi connectivity index (χ1n) is 21.7. The molecule has 4 aliphatic heterocycles. The summed E-state index contributed by atoms with van der Waals surface area (Å²) in [6.07, 6.45) is 4.45. The van der Waals surface area contributed by atoms with Crippen molar-refractivity contribution in [2.45, 2.75) is 122 Å². The van der Waals surface area contributed by atoms with Gasteiger partial charge in [-0.1, -0.05) is 38.5 Å². The second-order valence-corrected chi connectivity index (χ2v) is 17.2. The number of alkyl carbamates (subject to hydrolysis) is 2. The van der Waals surface area contributed by atoms with E-state index in [9.17, 15) is 19.2 Å². The Kier molecular flexibility index (Phi) is 12.0. The van der Waals surface area contributed by atoms with Gasteiger partial charge in [-0.15, -0.1) is 0 Å². The monoisotopic (exact) mass is 847 g/mol. The summed E-state index contributed by atoms with van der Waals surface area (Å²) in [6.45, 7) is 10.2. The highest BCUT2D eigenvalue weighted by Crippen LogP contribution is 2.45. The molecule has 5 heterocycles. The van der Waals surface area contributed by atoms with Crippen LogP contribution in [0.3, 0.4) is 0 Å². The Balaban J connectivity index is 1.01. The van der Waals surface area contributed by atoms with E-state index in [0.29, 0.717) is 18.9 Å². The highest BCUT2D eigenvalue weighted by atomic mass is 16.5. The first-order chi connectivity index (χ1) is 29.8. The molecule has 4 aromatic rings. The molecule has 4 amide bonds. The minimum Gasteiger partial charge on any atom is -0.488 e. The third-order valence-electron chi connectivity index (χ3n) is 13.6. The van der Waals surface area contributed by atoms with E-state index in [4.69, 9.17) is 28.9 Å². The maximum atomic E-state index is 14.2. The fourth-order valence-corrected chi connectivity index (χ4v) is 9.74. The van der Waals surface area contributed by atoms with Crippen LogP contribution < -0.4 is 15.4 Å². The zero-order valence-electron chi connectivity index (χ0n) is 36.7. The number of hydrogen-bond acceptors (Lipinski definition) is 10. The molecule has 3 aromatic carbocycles. The molecule has 2 saturated heterocycles. The molecule has 0 bridgehead atoms. The zero-order chi connectivity index (χ0) is 44.0. The molecule has 0 spiro atoms. The number of likely N-dealkylation sites (tertiary alicyclic amines) is 2. The van der Waals surface area contributed by atoms with Crippen molar-refractivity contribution in [2.24, 2.45) is 10.9 Å². The minimum atomic E-state index is -0.923. The third-order valence-corrected chi connectivity index (χ3v) is 13.6. The Labute approximate surface area is 361 Å². The van der Waals surface area contributed by atoms with Gasteiger partial charge in [0.15, 0.2) is 0 Å². The summed E-state index contributed by atoms with van der Waals surface area (Å²) in [6, 6.07) is 12.7. The average molecular weight is 848 g/mol. The number of rotatable bonds is 11. The largest absolute Gasteiger partial charge is 0.488 e. The molecule has 62 heavy (non-hydrogen) atoms. The molecule has 15 nitrogen and oxygen atoms in total. The molecule has 0 radical (unpaired) electrons. The predicted octanol–water partition coefficient (Wildman–Crippen LogP) is 7.38. The number of hydrogen-bond donors (Lipinski definition) is 3. The number of aromatic amines is 1. The van der Waals surface area contributed by atoms with Crippen LogP contribution in [-0.2, 0) is 36.8 Å². The molecule has 8 atom stereocenters. The Hall–Kier alpha value is -5.96. The van der Waals surface area contributed by atoms with E-state index >= 15 is 0 Å². The number of imidazole rings is 1. The maximum absolute atomic E-state index is 14.2. The fourth-order valence-electron chi connectivity index (χ4n) is 9.74. The lowest BCUT2D eigenvalue weighted by Gasteiger charge is -2.34. The summed E-state index contributed by atoms with van der Waals surface area (Å²) in [5, 5.41) is 7.62. The van der Waals surface area contributed by atoms with Gasteiger partial charge in [-0.3, -0.25) is 14.6 Å². The Bertz CT molecular complexity index is 2430. The lowest BCUT2D eigenvalue weighted by atomic mass is 9.90. The summed E-state index contributed by atoms with van der Waals surface area (Å²) in [5.74, 6) is 1.07. The molecule has 1 unspecified atom stereocenters. The molecule has 1 aromatic heterocycles. The van der Waals surface area contributed by atoms with Gasteiger partial charge in [-0.25, -0.2) is 14.6 Å². The van der Waals surface area contributed by atoms with Crippen molar-refractivity contribution in [2.75, 3.05) is 21.3 Å². The standard InChI is InChI=1S/C47H57N7O8/c1-9-24(2)41(51-46(57)60-7)44(55)53-25(3)10-16-38(53)36-20-33-32-21-40-34(19-28(32)13-15-35(33)49-36)31-14-12-29(18-30(31)23-62-40)37-22-48-43(50-37)39-17-11-26(4)54(39)45(56)42(27(5)59-6)52-47(58)61-8/h12-15,18-19,21-22,24-27,38-39,41-42H,9-11,16-17,20,23H2,1-8H3,(H,48,50)(H,51,57)(H,52,58)/t24-,25-,26-,27+,38-,39-,41?,42-/m0/s1. The second kappa shape index (κ2) is 17.4. The van der Waals surface area contributed by atoms with Gasteiger partial charge in [-0.2, -0.15) is 0 Å². The molecular weight excluding hydrogens is 791 g/mol. The number of benzene rings is 3. The number of fused-ring (bicyclic) bond motifs is 6. The van der Waals surface area contributed by atoms with Crippen molar-refractivity contribution in [3.63, 3.8) is 0 Å². The first kappa shape index (κ1) is 42.7. The second-order valence-electron chi connectivity index (χ2n) is 17.2. The molecule has 8 rings (SSSR count). The van der Waals surface area contributed by atoms with Gasteiger partial charge in [-0.05, 0) is 110 Å². The van der Waals surface area contributed by atoms with Crippen LogP contribution in [0.1, 0.15) is 89.7 Å². The van der Waals surface area contributed by atoms with Crippen LogP contribution in [0.15, 0.2) is 53.7 Å². The molecule has 0 aliphatic carbocycles. The summed E-state index contributed by atoms with van der Waals surface area (Å²) >= 11 is 0. The van der Waals surface area contributed by atoms with Gasteiger partial charge >= 0.3 is 12.2 Å². The van der Waals surface area contributed by atoms with Gasteiger partial charge in [0.05, 0.1) is 50.0 Å². The van der Waals surface area contributed by atoms with Gasteiger partial charge in [0.2, 0.25) is 11.8 Å². The van der Waals surface area contributed by atoms with Crippen LogP contribution in [0.25, 0.3) is 33.2 Å². The fraction of sp³-hybridized carbons (Fsp3) is 0.489. The molecule has 0 saturated carbocycles. The number of methoxy groups -OCH3 is 3. The van der Waals surface area contributed by atoms with Gasteiger partial charge < -0.3 is 44.4 Å². The van der Waals surface area contributed by atoms with E-state index in [0.717, 1.165) is 93.5 Å². The highest BCUT2D eigenvalue weighted by Gasteiger charge is 2.44. The molecule has 328 valence electrons. The molecule has 4 aliphatic rings. The van der Waals surface area contributed by atoms with Gasteiger partial charge in [0, 0.05) is 36.9 Å². The van der Waals surface area contributed by atoms with Crippen LogP contribution in [0, 0.1) is 5.92 Å².